The molecule has 0 saturated heterocycles. The molecule has 1 aromatic heterocycles. The van der Waals surface area contributed by atoms with Crippen molar-refractivity contribution >= 4 is 23.4 Å². The Balaban J connectivity index is 1.67. The number of phenols is 1. The summed E-state index contributed by atoms with van der Waals surface area (Å²) in [4.78, 5) is 5.38. The number of halogens is 1. The van der Waals surface area contributed by atoms with Gasteiger partial charge in [-0.15, -0.1) is 11.8 Å². The first-order valence-electron chi connectivity index (χ1n) is 6.21. The normalized spacial score (nSPS) is 10.7. The zero-order valence-corrected chi connectivity index (χ0v) is 12.4. The van der Waals surface area contributed by atoms with Crippen molar-refractivity contribution in [1.82, 2.24) is 10.1 Å². The predicted molar refractivity (Wildman–Crippen MR) is 82.4 cm³/mol. The molecule has 0 bridgehead atoms. The third-order valence-electron chi connectivity index (χ3n) is 2.77. The fourth-order valence-corrected chi connectivity index (χ4v) is 2.58. The fourth-order valence-electron chi connectivity index (χ4n) is 1.72. The molecule has 0 amide bonds. The van der Waals surface area contributed by atoms with Crippen LogP contribution in [0.3, 0.4) is 0 Å². The van der Waals surface area contributed by atoms with Crippen molar-refractivity contribution in [1.29, 1.82) is 0 Å². The lowest BCUT2D eigenvalue weighted by Crippen LogP contribution is -1.82. The van der Waals surface area contributed by atoms with E-state index in [1.165, 1.54) is 0 Å². The molecule has 0 unspecified atom stereocenters. The van der Waals surface area contributed by atoms with Crippen LogP contribution in [0.2, 0.25) is 5.02 Å². The quantitative estimate of drug-likeness (QED) is 0.723. The number of hydrogen-bond acceptors (Lipinski definition) is 5. The highest BCUT2D eigenvalue weighted by molar-refractivity contribution is 7.98. The molecule has 0 saturated carbocycles. The number of rotatable bonds is 4. The second kappa shape index (κ2) is 6.20. The highest BCUT2D eigenvalue weighted by atomic mass is 35.5. The average Bonchev–Trinajstić information content (AvgIpc) is 2.96. The van der Waals surface area contributed by atoms with E-state index in [9.17, 15) is 5.11 Å². The van der Waals surface area contributed by atoms with Gasteiger partial charge in [-0.2, -0.15) is 4.98 Å². The maximum atomic E-state index is 9.23. The largest absolute Gasteiger partial charge is 0.508 e. The van der Waals surface area contributed by atoms with E-state index in [2.05, 4.69) is 10.1 Å². The van der Waals surface area contributed by atoms with Crippen LogP contribution in [-0.2, 0) is 5.75 Å². The molecule has 3 rings (SSSR count). The van der Waals surface area contributed by atoms with Crippen molar-refractivity contribution in [2.45, 2.75) is 10.6 Å². The zero-order valence-electron chi connectivity index (χ0n) is 10.9. The molecule has 0 atom stereocenters. The van der Waals surface area contributed by atoms with Crippen LogP contribution in [0.1, 0.15) is 5.89 Å². The van der Waals surface area contributed by atoms with Crippen molar-refractivity contribution in [2.24, 2.45) is 0 Å². The zero-order chi connectivity index (χ0) is 14.7. The van der Waals surface area contributed by atoms with Gasteiger partial charge >= 0.3 is 0 Å². The summed E-state index contributed by atoms with van der Waals surface area (Å²) in [7, 11) is 0. The van der Waals surface area contributed by atoms with E-state index in [0.717, 1.165) is 10.5 Å². The van der Waals surface area contributed by atoms with Gasteiger partial charge in [0.1, 0.15) is 5.75 Å². The van der Waals surface area contributed by atoms with Crippen molar-refractivity contribution in [2.75, 3.05) is 0 Å². The molecule has 0 aliphatic carbocycles. The fraction of sp³-hybridized carbons (Fsp3) is 0.0667. The molecular weight excluding hydrogens is 308 g/mol. The number of aromatic hydroxyl groups is 1. The minimum atomic E-state index is 0.252. The molecule has 4 nitrogen and oxygen atoms in total. The summed E-state index contributed by atoms with van der Waals surface area (Å²) in [6.45, 7) is 0. The summed E-state index contributed by atoms with van der Waals surface area (Å²) in [6.07, 6.45) is 0. The molecular formula is C15H11ClN2O2S. The lowest BCUT2D eigenvalue weighted by Gasteiger charge is -1.98. The van der Waals surface area contributed by atoms with Crippen LogP contribution >= 0.6 is 23.4 Å². The molecule has 6 heteroatoms. The molecule has 1 N–H and O–H groups in total. The van der Waals surface area contributed by atoms with Gasteiger partial charge in [0.2, 0.25) is 11.7 Å². The Hall–Kier alpha value is -1.98. The summed E-state index contributed by atoms with van der Waals surface area (Å²) < 4.78 is 5.23. The Morgan fingerprint density at radius 3 is 2.48 bits per heavy atom. The van der Waals surface area contributed by atoms with E-state index in [0.29, 0.717) is 22.5 Å². The van der Waals surface area contributed by atoms with Gasteiger partial charge in [-0.05, 0) is 48.5 Å². The first-order valence-corrected chi connectivity index (χ1v) is 7.57. The summed E-state index contributed by atoms with van der Waals surface area (Å²) in [5, 5.41) is 13.9. The van der Waals surface area contributed by atoms with Crippen molar-refractivity contribution < 1.29 is 9.63 Å². The minimum absolute atomic E-state index is 0.252. The lowest BCUT2D eigenvalue weighted by atomic mass is 10.2. The number of hydrogen-bond donors (Lipinski definition) is 1. The molecule has 3 aromatic rings. The van der Waals surface area contributed by atoms with E-state index in [-0.39, 0.29) is 5.75 Å². The Morgan fingerprint density at radius 2 is 1.76 bits per heavy atom. The SMILES string of the molecule is Oc1ccc(SCc2nc(-c3ccc(Cl)cc3)no2)cc1. The smallest absolute Gasteiger partial charge is 0.237 e. The summed E-state index contributed by atoms with van der Waals surface area (Å²) in [6, 6.07) is 14.3. The molecule has 0 fully saturated rings. The third-order valence-corrected chi connectivity index (χ3v) is 4.02. The number of thioether (sulfide) groups is 1. The van der Waals surface area contributed by atoms with Crippen molar-refractivity contribution in [3.8, 4) is 17.1 Å². The van der Waals surface area contributed by atoms with Gasteiger partial charge in [-0.3, -0.25) is 0 Å². The summed E-state index contributed by atoms with van der Waals surface area (Å²) in [5.41, 5.74) is 0.865. The first-order chi connectivity index (χ1) is 10.2. The van der Waals surface area contributed by atoms with Gasteiger partial charge < -0.3 is 9.63 Å². The van der Waals surface area contributed by atoms with Crippen LogP contribution in [0.5, 0.6) is 5.75 Å². The molecule has 21 heavy (non-hydrogen) atoms. The molecule has 1 heterocycles. The molecule has 2 aromatic carbocycles. The highest BCUT2D eigenvalue weighted by Crippen LogP contribution is 2.25. The van der Waals surface area contributed by atoms with Crippen LogP contribution in [0.4, 0.5) is 0 Å². The summed E-state index contributed by atoms with van der Waals surface area (Å²) in [5.74, 6) is 1.93. The number of nitrogens with zero attached hydrogens (tertiary/aromatic N) is 2. The van der Waals surface area contributed by atoms with Gasteiger partial charge in [0.15, 0.2) is 0 Å². The molecule has 106 valence electrons. The van der Waals surface area contributed by atoms with Crippen LogP contribution in [-0.4, -0.2) is 15.2 Å². The third kappa shape index (κ3) is 3.56. The second-order valence-corrected chi connectivity index (χ2v) is 5.79. The van der Waals surface area contributed by atoms with Crippen LogP contribution in [0, 0.1) is 0 Å². The van der Waals surface area contributed by atoms with E-state index in [1.807, 2.05) is 24.3 Å². The standard InChI is InChI=1S/C15H11ClN2O2S/c16-11-3-1-10(2-4-11)15-17-14(20-18-15)9-21-13-7-5-12(19)6-8-13/h1-8,19H,9H2. The monoisotopic (exact) mass is 318 g/mol. The maximum absolute atomic E-state index is 9.23. The first kappa shape index (κ1) is 14.0. The van der Waals surface area contributed by atoms with Gasteiger partial charge in [0, 0.05) is 15.5 Å². The van der Waals surface area contributed by atoms with Crippen LogP contribution < -0.4 is 0 Å². The summed E-state index contributed by atoms with van der Waals surface area (Å²) >= 11 is 7.41. The van der Waals surface area contributed by atoms with Crippen molar-refractivity contribution in [3.63, 3.8) is 0 Å². The predicted octanol–water partition coefficient (Wildman–Crippen LogP) is 4.39. The minimum Gasteiger partial charge on any atom is -0.508 e. The molecule has 0 radical (unpaired) electrons. The van der Waals surface area contributed by atoms with E-state index in [1.54, 1.807) is 36.0 Å². The second-order valence-electron chi connectivity index (χ2n) is 4.30. The number of phenolic OH excluding ortho intramolecular Hbond substituents is 1. The maximum Gasteiger partial charge on any atom is 0.237 e. The highest BCUT2D eigenvalue weighted by Gasteiger charge is 2.09. The van der Waals surface area contributed by atoms with Crippen LogP contribution in [0.15, 0.2) is 57.9 Å². The Bertz CT molecular complexity index is 726. The molecule has 0 aliphatic rings. The topological polar surface area (TPSA) is 59.2 Å². The Kier molecular flexibility index (Phi) is 4.13. The Morgan fingerprint density at radius 1 is 1.05 bits per heavy atom. The van der Waals surface area contributed by atoms with E-state index < -0.39 is 0 Å². The van der Waals surface area contributed by atoms with Gasteiger partial charge in [0.25, 0.3) is 0 Å². The van der Waals surface area contributed by atoms with Crippen LogP contribution in [0.25, 0.3) is 11.4 Å². The Labute approximate surface area is 130 Å². The molecule has 0 aliphatic heterocycles. The average molecular weight is 319 g/mol. The van der Waals surface area contributed by atoms with Gasteiger partial charge in [-0.25, -0.2) is 0 Å². The molecule has 0 spiro atoms. The number of aromatic nitrogens is 2. The van der Waals surface area contributed by atoms with E-state index >= 15 is 0 Å². The van der Waals surface area contributed by atoms with Gasteiger partial charge in [0.05, 0.1) is 5.75 Å². The van der Waals surface area contributed by atoms with Crippen molar-refractivity contribution in [3.05, 3.63) is 59.4 Å². The lowest BCUT2D eigenvalue weighted by molar-refractivity contribution is 0.391. The van der Waals surface area contributed by atoms with Gasteiger partial charge in [-0.1, -0.05) is 16.8 Å². The number of benzene rings is 2. The van der Waals surface area contributed by atoms with E-state index in [4.69, 9.17) is 16.1 Å².